The van der Waals surface area contributed by atoms with Crippen LogP contribution in [0.2, 0.25) is 0 Å². The molecule has 0 aromatic carbocycles. The van der Waals surface area contributed by atoms with Crippen LogP contribution in [-0.2, 0) is 23.9 Å². The number of ketones is 1. The van der Waals surface area contributed by atoms with Crippen molar-refractivity contribution in [2.24, 2.45) is 5.92 Å². The van der Waals surface area contributed by atoms with Crippen LogP contribution in [-0.4, -0.2) is 72.8 Å². The maximum atomic E-state index is 12.6. The first-order chi connectivity index (χ1) is 12.9. The number of fused-ring (bicyclic) bond motifs is 2. The van der Waals surface area contributed by atoms with Gasteiger partial charge in [-0.05, 0) is 38.0 Å². The van der Waals surface area contributed by atoms with E-state index in [9.17, 15) is 24.0 Å². The van der Waals surface area contributed by atoms with Gasteiger partial charge in [0.1, 0.15) is 12.6 Å². The van der Waals surface area contributed by atoms with Crippen LogP contribution in [0.1, 0.15) is 32.1 Å². The van der Waals surface area contributed by atoms with Gasteiger partial charge >= 0.3 is 6.09 Å². The van der Waals surface area contributed by atoms with Crippen LogP contribution >= 0.6 is 0 Å². The van der Waals surface area contributed by atoms with Crippen molar-refractivity contribution in [3.8, 4) is 0 Å². The number of methoxy groups -OCH3 is 1. The number of carbonyl (C=O) groups excluding carboxylic acids is 5. The topological polar surface area (TPSA) is 134 Å². The average Bonchev–Trinajstić information content (AvgIpc) is 3.23. The molecule has 4 amide bonds. The molecule has 3 atom stereocenters. The summed E-state index contributed by atoms with van der Waals surface area (Å²) in [7, 11) is 1.20. The Morgan fingerprint density at radius 3 is 2.41 bits per heavy atom. The van der Waals surface area contributed by atoms with Crippen molar-refractivity contribution in [2.75, 3.05) is 20.2 Å². The van der Waals surface area contributed by atoms with E-state index in [2.05, 4.69) is 20.7 Å². The van der Waals surface area contributed by atoms with Gasteiger partial charge < -0.3 is 25.6 Å². The monoisotopic (exact) mass is 380 g/mol. The third-order valence-electron chi connectivity index (χ3n) is 5.30. The number of alkyl carbamates (subject to hydrolysis) is 1. The highest BCUT2D eigenvalue weighted by Crippen LogP contribution is 2.42. The average molecular weight is 380 g/mol. The number of nitrogens with zero attached hydrogens (tertiary/aromatic N) is 1. The van der Waals surface area contributed by atoms with Gasteiger partial charge in [0.25, 0.3) is 5.91 Å². The molecule has 3 N–H and O–H groups in total. The minimum Gasteiger partial charge on any atom is -0.453 e. The number of carbonyl (C=O) groups is 5. The van der Waals surface area contributed by atoms with Crippen LogP contribution in [0.4, 0.5) is 4.79 Å². The lowest BCUT2D eigenvalue weighted by molar-refractivity contribution is -0.143. The minimum absolute atomic E-state index is 0.0208. The summed E-state index contributed by atoms with van der Waals surface area (Å²) in [5.41, 5.74) is 0. The quantitative estimate of drug-likeness (QED) is 0.469. The van der Waals surface area contributed by atoms with Crippen molar-refractivity contribution >= 4 is 29.6 Å². The molecule has 10 nitrogen and oxygen atoms in total. The number of hydrogen-bond acceptors (Lipinski definition) is 6. The van der Waals surface area contributed by atoms with E-state index in [1.54, 1.807) is 0 Å². The van der Waals surface area contributed by atoms with Crippen molar-refractivity contribution in [2.45, 2.75) is 50.2 Å². The maximum Gasteiger partial charge on any atom is 0.407 e. The number of hydrogen-bond donors (Lipinski definition) is 3. The van der Waals surface area contributed by atoms with Gasteiger partial charge in [0.05, 0.1) is 13.7 Å². The molecule has 3 rings (SSSR count). The van der Waals surface area contributed by atoms with Gasteiger partial charge in [-0.15, -0.1) is 0 Å². The zero-order valence-electron chi connectivity index (χ0n) is 15.2. The van der Waals surface area contributed by atoms with Crippen LogP contribution in [0.15, 0.2) is 0 Å². The van der Waals surface area contributed by atoms with E-state index in [0.29, 0.717) is 0 Å². The van der Waals surface area contributed by atoms with Gasteiger partial charge in [0.2, 0.25) is 17.6 Å². The summed E-state index contributed by atoms with van der Waals surface area (Å²) >= 11 is 0. The summed E-state index contributed by atoms with van der Waals surface area (Å²) < 4.78 is 4.44. The van der Waals surface area contributed by atoms with Crippen molar-refractivity contribution in [1.29, 1.82) is 0 Å². The van der Waals surface area contributed by atoms with Crippen molar-refractivity contribution in [3.05, 3.63) is 0 Å². The number of nitrogens with one attached hydrogen (secondary N) is 3. The third kappa shape index (κ3) is 4.37. The zero-order valence-corrected chi connectivity index (χ0v) is 15.2. The van der Waals surface area contributed by atoms with Crippen LogP contribution in [0.25, 0.3) is 0 Å². The molecule has 2 aliphatic carbocycles. The summed E-state index contributed by atoms with van der Waals surface area (Å²) in [6.07, 6.45) is 3.37. The number of likely N-dealkylation sites (tertiary alicyclic amines) is 1. The molecular weight excluding hydrogens is 356 g/mol. The molecule has 2 bridgehead atoms. The Hall–Kier alpha value is -2.65. The Labute approximate surface area is 156 Å². The highest BCUT2D eigenvalue weighted by Gasteiger charge is 2.51. The minimum atomic E-state index is -0.721. The van der Waals surface area contributed by atoms with Gasteiger partial charge in [0, 0.05) is 12.1 Å². The molecule has 10 heteroatoms. The highest BCUT2D eigenvalue weighted by atomic mass is 16.5. The Bertz CT molecular complexity index is 662. The smallest absolute Gasteiger partial charge is 0.407 e. The number of rotatable bonds is 7. The van der Waals surface area contributed by atoms with E-state index in [1.807, 2.05) is 0 Å². The molecule has 1 heterocycles. The second-order valence-corrected chi connectivity index (χ2v) is 7.21. The first kappa shape index (κ1) is 19.1. The lowest BCUT2D eigenvalue weighted by Gasteiger charge is -2.34. The molecule has 3 fully saturated rings. The fourth-order valence-corrected chi connectivity index (χ4v) is 3.84. The highest BCUT2D eigenvalue weighted by molar-refractivity contribution is 6.37. The van der Waals surface area contributed by atoms with Crippen LogP contribution < -0.4 is 16.0 Å². The SMILES string of the molecule is COC(=O)NCC(=O)N1C2CCC(C2)C1C(=O)NCC(=O)C(=O)NC1CC1. The molecule has 1 saturated heterocycles. The fourth-order valence-electron chi connectivity index (χ4n) is 3.84. The van der Waals surface area contributed by atoms with Crippen molar-refractivity contribution in [3.63, 3.8) is 0 Å². The molecule has 3 aliphatic rings. The van der Waals surface area contributed by atoms with Gasteiger partial charge in [-0.25, -0.2) is 4.79 Å². The lowest BCUT2D eigenvalue weighted by Crippen LogP contribution is -2.55. The molecule has 3 unspecified atom stereocenters. The largest absolute Gasteiger partial charge is 0.453 e. The summed E-state index contributed by atoms with van der Waals surface area (Å²) in [5, 5.41) is 7.39. The first-order valence-corrected chi connectivity index (χ1v) is 9.15. The first-order valence-electron chi connectivity index (χ1n) is 9.15. The summed E-state index contributed by atoms with van der Waals surface area (Å²) in [6, 6.07) is -0.667. The summed E-state index contributed by atoms with van der Waals surface area (Å²) in [5.74, 6) is -2.19. The van der Waals surface area contributed by atoms with Crippen LogP contribution in [0.5, 0.6) is 0 Å². The fraction of sp³-hybridized carbons (Fsp3) is 0.706. The maximum absolute atomic E-state index is 12.6. The molecule has 2 saturated carbocycles. The summed E-state index contributed by atoms with van der Waals surface area (Å²) in [6.45, 7) is -0.657. The normalized spacial score (nSPS) is 25.7. The molecule has 27 heavy (non-hydrogen) atoms. The van der Waals surface area contributed by atoms with Gasteiger partial charge in [0.15, 0.2) is 0 Å². The predicted octanol–water partition coefficient (Wildman–Crippen LogP) is -1.31. The molecule has 0 spiro atoms. The molecule has 148 valence electrons. The van der Waals surface area contributed by atoms with E-state index in [4.69, 9.17) is 0 Å². The van der Waals surface area contributed by atoms with E-state index < -0.39 is 36.3 Å². The molecule has 1 aliphatic heterocycles. The second kappa shape index (κ2) is 7.93. The van der Waals surface area contributed by atoms with E-state index in [0.717, 1.165) is 32.1 Å². The number of Topliss-reactive ketones (excluding diaryl/α,β-unsaturated/α-hetero) is 1. The molecule has 0 aromatic rings. The molecule has 0 radical (unpaired) electrons. The van der Waals surface area contributed by atoms with E-state index in [1.165, 1.54) is 12.0 Å². The Morgan fingerprint density at radius 1 is 1.00 bits per heavy atom. The number of piperidine rings is 1. The van der Waals surface area contributed by atoms with Crippen LogP contribution in [0, 0.1) is 5.92 Å². The molecule has 0 aromatic heterocycles. The van der Waals surface area contributed by atoms with Crippen LogP contribution in [0.3, 0.4) is 0 Å². The molecular formula is C17H24N4O6. The number of ether oxygens (including phenoxy) is 1. The summed E-state index contributed by atoms with van der Waals surface area (Å²) in [4.78, 5) is 61.3. The predicted molar refractivity (Wildman–Crippen MR) is 91.4 cm³/mol. The zero-order chi connectivity index (χ0) is 19.6. The lowest BCUT2D eigenvalue weighted by atomic mass is 9.97. The van der Waals surface area contributed by atoms with Gasteiger partial charge in [-0.3, -0.25) is 19.2 Å². The number of amides is 4. The standard InChI is InChI=1S/C17H24N4O6/c1-27-17(26)19-8-13(23)21-11-5-2-9(6-11)14(21)16(25)18-7-12(22)15(24)20-10-3-4-10/h9-11,14H,2-8H2,1H3,(H,18,25)(H,19,26)(H,20,24). The third-order valence-corrected chi connectivity index (χ3v) is 5.30. The van der Waals surface area contributed by atoms with Crippen molar-refractivity contribution < 1.29 is 28.7 Å². The van der Waals surface area contributed by atoms with Crippen molar-refractivity contribution in [1.82, 2.24) is 20.9 Å². The Kier molecular flexibility index (Phi) is 5.62. The Balaban J connectivity index is 1.54. The Morgan fingerprint density at radius 2 is 1.74 bits per heavy atom. The van der Waals surface area contributed by atoms with Gasteiger partial charge in [-0.2, -0.15) is 0 Å². The second-order valence-electron chi connectivity index (χ2n) is 7.21. The van der Waals surface area contributed by atoms with E-state index in [-0.39, 0.29) is 30.5 Å². The van der Waals surface area contributed by atoms with E-state index >= 15 is 0 Å². The van der Waals surface area contributed by atoms with Gasteiger partial charge in [-0.1, -0.05) is 0 Å².